The van der Waals surface area contributed by atoms with E-state index in [4.69, 9.17) is 4.74 Å². The lowest BCUT2D eigenvalue weighted by molar-refractivity contribution is 0.0813. The van der Waals surface area contributed by atoms with Gasteiger partial charge in [-0.2, -0.15) is 0 Å². The Morgan fingerprint density at radius 2 is 1.75 bits per heavy atom. The summed E-state index contributed by atoms with van der Waals surface area (Å²) in [4.78, 5) is 0. The molecule has 0 spiro atoms. The van der Waals surface area contributed by atoms with Gasteiger partial charge < -0.3 is 4.74 Å². The van der Waals surface area contributed by atoms with Crippen LogP contribution >= 0.6 is 0 Å². The fraction of sp³-hybridized carbons (Fsp3) is 1.00. The van der Waals surface area contributed by atoms with Crippen LogP contribution in [0, 0.1) is 11.8 Å². The van der Waals surface area contributed by atoms with Crippen molar-refractivity contribution >= 4 is 0 Å². The molecule has 0 bridgehead atoms. The van der Waals surface area contributed by atoms with Gasteiger partial charge >= 0.3 is 0 Å². The summed E-state index contributed by atoms with van der Waals surface area (Å²) in [6.07, 6.45) is 3.95. The van der Waals surface area contributed by atoms with E-state index in [1.807, 2.05) is 0 Å². The van der Waals surface area contributed by atoms with E-state index in [-0.39, 0.29) is 0 Å². The second-order valence-electron chi connectivity index (χ2n) is 4.18. The smallest absolute Gasteiger partial charge is 0.0491 e. The van der Waals surface area contributed by atoms with Gasteiger partial charge in [-0.25, -0.2) is 0 Å². The topological polar surface area (TPSA) is 9.23 Å². The second kappa shape index (κ2) is 7.60. The summed E-state index contributed by atoms with van der Waals surface area (Å²) in [5, 5.41) is 0. The van der Waals surface area contributed by atoms with Gasteiger partial charge in [0.15, 0.2) is 0 Å². The standard InChI is InChI=1S/C11H24O/c1-5-6-7-11(4)9-12-8-10(2)3/h10-11H,5-9H2,1-4H3. The molecule has 1 nitrogen and oxygen atoms in total. The number of unbranched alkanes of at least 4 members (excludes halogenated alkanes) is 1. The van der Waals surface area contributed by atoms with Crippen LogP contribution in [0.2, 0.25) is 0 Å². The molecule has 0 aliphatic heterocycles. The Kier molecular flexibility index (Phi) is 7.58. The number of hydrogen-bond donors (Lipinski definition) is 0. The van der Waals surface area contributed by atoms with Gasteiger partial charge in [0.05, 0.1) is 0 Å². The highest BCUT2D eigenvalue weighted by Crippen LogP contribution is 2.08. The summed E-state index contributed by atoms with van der Waals surface area (Å²) in [7, 11) is 0. The fourth-order valence-corrected chi connectivity index (χ4v) is 1.14. The number of rotatable bonds is 7. The lowest BCUT2D eigenvalue weighted by Crippen LogP contribution is -2.09. The Labute approximate surface area is 77.5 Å². The molecule has 0 heterocycles. The zero-order valence-electron chi connectivity index (χ0n) is 9.10. The minimum absolute atomic E-state index is 0.670. The molecule has 0 N–H and O–H groups in total. The first-order chi connectivity index (χ1) is 5.66. The van der Waals surface area contributed by atoms with Crippen LogP contribution in [0.1, 0.15) is 47.0 Å². The lowest BCUT2D eigenvalue weighted by atomic mass is 10.1. The Morgan fingerprint density at radius 3 is 2.25 bits per heavy atom. The van der Waals surface area contributed by atoms with Gasteiger partial charge in [0, 0.05) is 13.2 Å². The fourth-order valence-electron chi connectivity index (χ4n) is 1.14. The second-order valence-corrected chi connectivity index (χ2v) is 4.18. The SMILES string of the molecule is CCCCC(C)COCC(C)C. The third-order valence-electron chi connectivity index (χ3n) is 1.90. The number of ether oxygens (including phenoxy) is 1. The van der Waals surface area contributed by atoms with Crippen molar-refractivity contribution in [3.05, 3.63) is 0 Å². The van der Waals surface area contributed by atoms with E-state index in [1.54, 1.807) is 0 Å². The van der Waals surface area contributed by atoms with Crippen molar-refractivity contribution in [2.45, 2.75) is 47.0 Å². The molecule has 0 fully saturated rings. The van der Waals surface area contributed by atoms with Crippen molar-refractivity contribution in [3.8, 4) is 0 Å². The molecule has 0 rings (SSSR count). The monoisotopic (exact) mass is 172 g/mol. The third kappa shape index (κ3) is 8.06. The first-order valence-corrected chi connectivity index (χ1v) is 5.24. The predicted octanol–water partition coefficient (Wildman–Crippen LogP) is 3.49. The van der Waals surface area contributed by atoms with Gasteiger partial charge in [-0.15, -0.1) is 0 Å². The molecule has 1 unspecified atom stereocenters. The van der Waals surface area contributed by atoms with Gasteiger partial charge in [-0.1, -0.05) is 40.5 Å². The van der Waals surface area contributed by atoms with Crippen LogP contribution in [0.4, 0.5) is 0 Å². The van der Waals surface area contributed by atoms with Gasteiger partial charge in [-0.3, -0.25) is 0 Å². The van der Waals surface area contributed by atoms with Gasteiger partial charge in [0.1, 0.15) is 0 Å². The maximum Gasteiger partial charge on any atom is 0.0491 e. The molecule has 0 aromatic carbocycles. The van der Waals surface area contributed by atoms with E-state index in [0.717, 1.165) is 19.1 Å². The van der Waals surface area contributed by atoms with E-state index < -0.39 is 0 Å². The summed E-state index contributed by atoms with van der Waals surface area (Å²) in [5.74, 6) is 1.41. The van der Waals surface area contributed by atoms with E-state index in [9.17, 15) is 0 Å². The van der Waals surface area contributed by atoms with Crippen LogP contribution in [0.3, 0.4) is 0 Å². The molecule has 0 aromatic rings. The molecular formula is C11H24O. The average Bonchev–Trinajstić information content (AvgIpc) is 2.00. The highest BCUT2D eigenvalue weighted by atomic mass is 16.5. The van der Waals surface area contributed by atoms with Crippen molar-refractivity contribution < 1.29 is 4.74 Å². The Morgan fingerprint density at radius 1 is 1.08 bits per heavy atom. The highest BCUT2D eigenvalue weighted by molar-refractivity contribution is 4.51. The van der Waals surface area contributed by atoms with Crippen molar-refractivity contribution in [3.63, 3.8) is 0 Å². The van der Waals surface area contributed by atoms with Gasteiger partial charge in [0.25, 0.3) is 0 Å². The van der Waals surface area contributed by atoms with E-state index in [1.165, 1.54) is 19.3 Å². The van der Waals surface area contributed by atoms with Gasteiger partial charge in [0.2, 0.25) is 0 Å². The summed E-state index contributed by atoms with van der Waals surface area (Å²) in [6.45, 7) is 10.7. The Hall–Kier alpha value is -0.0400. The molecule has 0 aromatic heterocycles. The summed E-state index contributed by atoms with van der Waals surface area (Å²) < 4.78 is 5.55. The number of hydrogen-bond acceptors (Lipinski definition) is 1. The van der Waals surface area contributed by atoms with Crippen LogP contribution in [0.5, 0.6) is 0 Å². The van der Waals surface area contributed by atoms with Crippen molar-refractivity contribution in [2.24, 2.45) is 11.8 Å². The molecule has 0 aliphatic carbocycles. The zero-order chi connectivity index (χ0) is 9.40. The molecule has 1 heteroatoms. The maximum atomic E-state index is 5.55. The van der Waals surface area contributed by atoms with Crippen molar-refractivity contribution in [2.75, 3.05) is 13.2 Å². The van der Waals surface area contributed by atoms with E-state index in [0.29, 0.717) is 5.92 Å². The predicted molar refractivity (Wildman–Crippen MR) is 54.3 cm³/mol. The van der Waals surface area contributed by atoms with Crippen LogP contribution in [-0.2, 0) is 4.74 Å². The van der Waals surface area contributed by atoms with E-state index in [2.05, 4.69) is 27.7 Å². The van der Waals surface area contributed by atoms with E-state index >= 15 is 0 Å². The molecule has 1 atom stereocenters. The maximum absolute atomic E-state index is 5.55. The van der Waals surface area contributed by atoms with Crippen LogP contribution in [-0.4, -0.2) is 13.2 Å². The van der Waals surface area contributed by atoms with Crippen molar-refractivity contribution in [1.82, 2.24) is 0 Å². The average molecular weight is 172 g/mol. The summed E-state index contributed by atoms with van der Waals surface area (Å²) in [6, 6.07) is 0. The minimum atomic E-state index is 0.670. The lowest BCUT2D eigenvalue weighted by Gasteiger charge is -2.12. The van der Waals surface area contributed by atoms with Crippen molar-refractivity contribution in [1.29, 1.82) is 0 Å². The summed E-state index contributed by atoms with van der Waals surface area (Å²) in [5.41, 5.74) is 0. The molecule has 0 saturated heterocycles. The van der Waals surface area contributed by atoms with Crippen LogP contribution < -0.4 is 0 Å². The van der Waals surface area contributed by atoms with Crippen LogP contribution in [0.15, 0.2) is 0 Å². The quantitative estimate of drug-likeness (QED) is 0.571. The normalized spacial score (nSPS) is 13.8. The molecule has 0 radical (unpaired) electrons. The van der Waals surface area contributed by atoms with Gasteiger partial charge in [-0.05, 0) is 18.3 Å². The first kappa shape index (κ1) is 12.0. The molecule has 74 valence electrons. The molecule has 0 amide bonds. The zero-order valence-corrected chi connectivity index (χ0v) is 9.10. The molecular weight excluding hydrogens is 148 g/mol. The highest BCUT2D eigenvalue weighted by Gasteiger charge is 2.01. The summed E-state index contributed by atoms with van der Waals surface area (Å²) >= 11 is 0. The molecule has 12 heavy (non-hydrogen) atoms. The Balaban J connectivity index is 3.13. The largest absolute Gasteiger partial charge is 0.381 e. The molecule has 0 saturated carbocycles. The first-order valence-electron chi connectivity index (χ1n) is 5.24. The minimum Gasteiger partial charge on any atom is -0.381 e. The third-order valence-corrected chi connectivity index (χ3v) is 1.90. The van der Waals surface area contributed by atoms with Crippen LogP contribution in [0.25, 0.3) is 0 Å². The Bertz CT molecular complexity index is 89.0. The molecule has 0 aliphatic rings.